The van der Waals surface area contributed by atoms with Crippen LogP contribution in [-0.4, -0.2) is 19.2 Å². The van der Waals surface area contributed by atoms with Gasteiger partial charge in [-0.25, -0.2) is 0 Å². The Bertz CT molecular complexity index is 653. The van der Waals surface area contributed by atoms with Crippen LogP contribution in [0.25, 0.3) is 0 Å². The summed E-state index contributed by atoms with van der Waals surface area (Å²) in [6, 6.07) is 14.0. The lowest BCUT2D eigenvalue weighted by molar-refractivity contribution is 0.915. The molecule has 116 valence electrons. The smallest absolute Gasteiger partial charge is 0.171 e. The molecule has 2 rings (SSSR count). The van der Waals surface area contributed by atoms with Crippen LogP contribution in [0.15, 0.2) is 42.5 Å². The van der Waals surface area contributed by atoms with Crippen molar-refractivity contribution in [2.24, 2.45) is 0 Å². The molecule has 0 heterocycles. The SMILES string of the molecule is Cc1cc(Cl)ccc1CNC(=S)Nc1ccc(N(C)C)cc1. The lowest BCUT2D eigenvalue weighted by atomic mass is 10.1. The number of anilines is 2. The summed E-state index contributed by atoms with van der Waals surface area (Å²) in [4.78, 5) is 2.06. The Labute approximate surface area is 142 Å². The van der Waals surface area contributed by atoms with Crippen molar-refractivity contribution < 1.29 is 0 Å². The van der Waals surface area contributed by atoms with Gasteiger partial charge in [0.1, 0.15) is 0 Å². The predicted octanol–water partition coefficient (Wildman–Crippen LogP) is 4.20. The Hall–Kier alpha value is -1.78. The van der Waals surface area contributed by atoms with Gasteiger partial charge in [0.25, 0.3) is 0 Å². The van der Waals surface area contributed by atoms with E-state index in [1.165, 1.54) is 5.56 Å². The van der Waals surface area contributed by atoms with Crippen molar-refractivity contribution >= 4 is 40.3 Å². The zero-order valence-corrected chi connectivity index (χ0v) is 14.6. The van der Waals surface area contributed by atoms with Crippen LogP contribution < -0.4 is 15.5 Å². The minimum atomic E-state index is 0.604. The second-order valence-corrected chi connectivity index (χ2v) is 6.16. The number of nitrogens with one attached hydrogen (secondary N) is 2. The zero-order chi connectivity index (χ0) is 16.1. The molecule has 0 spiro atoms. The quantitative estimate of drug-likeness (QED) is 0.820. The summed E-state index contributed by atoms with van der Waals surface area (Å²) < 4.78 is 0. The molecule has 0 atom stereocenters. The van der Waals surface area contributed by atoms with Gasteiger partial charge < -0.3 is 15.5 Å². The third-order valence-electron chi connectivity index (χ3n) is 3.39. The fourth-order valence-corrected chi connectivity index (χ4v) is 2.47. The van der Waals surface area contributed by atoms with Gasteiger partial charge in [-0.2, -0.15) is 0 Å². The highest BCUT2D eigenvalue weighted by molar-refractivity contribution is 7.80. The molecule has 2 N–H and O–H groups in total. The minimum Gasteiger partial charge on any atom is -0.378 e. The first-order valence-corrected chi connectivity index (χ1v) is 7.81. The fraction of sp³-hybridized carbons (Fsp3) is 0.235. The lowest BCUT2D eigenvalue weighted by Gasteiger charge is -2.15. The maximum Gasteiger partial charge on any atom is 0.171 e. The van der Waals surface area contributed by atoms with E-state index in [1.807, 2.05) is 63.5 Å². The first-order chi connectivity index (χ1) is 10.5. The molecule has 0 radical (unpaired) electrons. The molecule has 0 fully saturated rings. The summed E-state index contributed by atoms with van der Waals surface area (Å²) in [5.41, 5.74) is 4.45. The molecule has 0 amide bonds. The number of halogens is 1. The molecule has 3 nitrogen and oxygen atoms in total. The van der Waals surface area contributed by atoms with Gasteiger partial charge in [-0.3, -0.25) is 0 Å². The van der Waals surface area contributed by atoms with Crippen molar-refractivity contribution in [2.45, 2.75) is 13.5 Å². The maximum absolute atomic E-state index is 5.96. The molecule has 2 aromatic carbocycles. The van der Waals surface area contributed by atoms with E-state index < -0.39 is 0 Å². The molecule has 0 unspecified atom stereocenters. The molecule has 0 aliphatic heterocycles. The maximum atomic E-state index is 5.96. The Morgan fingerprint density at radius 1 is 1.14 bits per heavy atom. The van der Waals surface area contributed by atoms with Gasteiger partial charge in [0, 0.05) is 37.0 Å². The second-order valence-electron chi connectivity index (χ2n) is 5.32. The number of aryl methyl sites for hydroxylation is 1. The summed E-state index contributed by atoms with van der Waals surface area (Å²) in [5, 5.41) is 7.75. The normalized spacial score (nSPS) is 10.2. The van der Waals surface area contributed by atoms with Gasteiger partial charge >= 0.3 is 0 Å². The van der Waals surface area contributed by atoms with E-state index in [0.29, 0.717) is 11.7 Å². The van der Waals surface area contributed by atoms with Gasteiger partial charge in [-0.15, -0.1) is 0 Å². The Morgan fingerprint density at radius 3 is 2.41 bits per heavy atom. The third-order valence-corrected chi connectivity index (χ3v) is 3.87. The van der Waals surface area contributed by atoms with Crippen LogP contribution in [0, 0.1) is 6.92 Å². The number of rotatable bonds is 4. The van der Waals surface area contributed by atoms with Crippen molar-refractivity contribution in [2.75, 3.05) is 24.3 Å². The number of hydrogen-bond acceptors (Lipinski definition) is 2. The minimum absolute atomic E-state index is 0.604. The van der Waals surface area contributed by atoms with Crippen LogP contribution in [0.5, 0.6) is 0 Å². The van der Waals surface area contributed by atoms with Crippen molar-refractivity contribution in [1.29, 1.82) is 0 Å². The number of thiocarbonyl (C=S) groups is 1. The van der Waals surface area contributed by atoms with Gasteiger partial charge in [-0.05, 0) is 66.7 Å². The van der Waals surface area contributed by atoms with E-state index in [9.17, 15) is 0 Å². The van der Waals surface area contributed by atoms with E-state index in [0.717, 1.165) is 22.0 Å². The highest BCUT2D eigenvalue weighted by atomic mass is 35.5. The van der Waals surface area contributed by atoms with Crippen LogP contribution in [0.2, 0.25) is 5.02 Å². The van der Waals surface area contributed by atoms with E-state index in [1.54, 1.807) is 0 Å². The highest BCUT2D eigenvalue weighted by Crippen LogP contribution is 2.16. The molecular formula is C17H20ClN3S. The van der Waals surface area contributed by atoms with E-state index >= 15 is 0 Å². The molecule has 22 heavy (non-hydrogen) atoms. The fourth-order valence-electron chi connectivity index (χ4n) is 2.05. The molecule has 0 bridgehead atoms. The lowest BCUT2D eigenvalue weighted by Crippen LogP contribution is -2.28. The van der Waals surface area contributed by atoms with Crippen molar-refractivity contribution in [3.63, 3.8) is 0 Å². The van der Waals surface area contributed by atoms with Crippen molar-refractivity contribution in [3.8, 4) is 0 Å². The largest absolute Gasteiger partial charge is 0.378 e. The third kappa shape index (κ3) is 4.61. The van der Waals surface area contributed by atoms with Gasteiger partial charge in [0.2, 0.25) is 0 Å². The average molecular weight is 334 g/mol. The first kappa shape index (κ1) is 16.6. The summed E-state index contributed by atoms with van der Waals surface area (Å²) in [7, 11) is 4.03. The second kappa shape index (κ2) is 7.47. The van der Waals surface area contributed by atoms with Crippen molar-refractivity contribution in [1.82, 2.24) is 5.32 Å². The number of hydrogen-bond donors (Lipinski definition) is 2. The number of nitrogens with zero attached hydrogens (tertiary/aromatic N) is 1. The molecular weight excluding hydrogens is 314 g/mol. The summed E-state index contributed by atoms with van der Waals surface area (Å²) >= 11 is 11.3. The summed E-state index contributed by atoms with van der Waals surface area (Å²) in [5.74, 6) is 0. The molecule has 0 aliphatic carbocycles. The highest BCUT2D eigenvalue weighted by Gasteiger charge is 2.02. The molecule has 0 aliphatic rings. The molecule has 0 saturated carbocycles. The first-order valence-electron chi connectivity index (χ1n) is 7.03. The summed E-state index contributed by atoms with van der Waals surface area (Å²) in [6.07, 6.45) is 0. The molecule has 5 heteroatoms. The summed E-state index contributed by atoms with van der Waals surface area (Å²) in [6.45, 7) is 2.71. The standard InChI is InChI=1S/C17H20ClN3S/c1-12-10-14(18)5-4-13(12)11-19-17(22)20-15-6-8-16(9-7-15)21(2)3/h4-10H,11H2,1-3H3,(H2,19,20,22). The Kier molecular flexibility index (Phi) is 5.63. The van der Waals surface area contributed by atoms with Gasteiger partial charge in [-0.1, -0.05) is 17.7 Å². The van der Waals surface area contributed by atoms with Gasteiger partial charge in [0.15, 0.2) is 5.11 Å². The predicted molar refractivity (Wildman–Crippen MR) is 100 cm³/mol. The van der Waals surface area contributed by atoms with Crippen LogP contribution >= 0.6 is 23.8 Å². The van der Waals surface area contributed by atoms with Gasteiger partial charge in [0.05, 0.1) is 0 Å². The van der Waals surface area contributed by atoms with Crippen LogP contribution in [0.1, 0.15) is 11.1 Å². The van der Waals surface area contributed by atoms with Crippen molar-refractivity contribution in [3.05, 3.63) is 58.6 Å². The Balaban J connectivity index is 1.90. The van der Waals surface area contributed by atoms with Crippen LogP contribution in [-0.2, 0) is 6.54 Å². The number of benzene rings is 2. The Morgan fingerprint density at radius 2 is 1.82 bits per heavy atom. The zero-order valence-electron chi connectivity index (χ0n) is 13.0. The molecule has 2 aromatic rings. The van der Waals surface area contributed by atoms with E-state index in [-0.39, 0.29) is 0 Å². The average Bonchev–Trinajstić information content (AvgIpc) is 2.47. The van der Waals surface area contributed by atoms with Crippen LogP contribution in [0.3, 0.4) is 0 Å². The van der Waals surface area contributed by atoms with E-state index in [4.69, 9.17) is 23.8 Å². The van der Waals surface area contributed by atoms with E-state index in [2.05, 4.69) is 15.5 Å². The topological polar surface area (TPSA) is 27.3 Å². The van der Waals surface area contributed by atoms with Crippen LogP contribution in [0.4, 0.5) is 11.4 Å². The molecule has 0 saturated heterocycles. The monoisotopic (exact) mass is 333 g/mol. The molecule has 0 aromatic heterocycles.